The molecule has 1 atom stereocenters. The molecule has 1 heterocycles. The van der Waals surface area contributed by atoms with E-state index in [1.807, 2.05) is 25.1 Å². The first-order valence-corrected chi connectivity index (χ1v) is 11.5. The molecule has 0 fully saturated rings. The zero-order valence-electron chi connectivity index (χ0n) is 18.4. The van der Waals surface area contributed by atoms with Crippen molar-refractivity contribution in [2.24, 2.45) is 17.8 Å². The quantitative estimate of drug-likeness (QED) is 0.510. The van der Waals surface area contributed by atoms with Crippen LogP contribution < -0.4 is 16.0 Å². The van der Waals surface area contributed by atoms with E-state index in [1.54, 1.807) is 44.7 Å². The van der Waals surface area contributed by atoms with Crippen LogP contribution in [-0.2, 0) is 17.8 Å². The molecule has 2 aromatic carbocycles. The Balaban J connectivity index is 2.37. The standard InChI is InChI=1S/C24H27N3O4S/c1-4-32(30)18-6-8-23(31-10-9-28)21(12-18)22-15-27(3)24(29)19-7-5-16(11-20(19)22)17(13-25)14-26-2/h5-8,11-15,28H,4,9-10,25H2,1-3H3. The smallest absolute Gasteiger partial charge is 0.258 e. The number of aromatic nitrogens is 1. The average Bonchev–Trinajstić information content (AvgIpc) is 2.82. The second kappa shape index (κ2) is 10.4. The molecule has 0 saturated carbocycles. The first-order chi connectivity index (χ1) is 15.4. The van der Waals surface area contributed by atoms with Crippen molar-refractivity contribution in [3.8, 4) is 16.9 Å². The van der Waals surface area contributed by atoms with Crippen LogP contribution in [0.3, 0.4) is 0 Å². The molecule has 0 aliphatic carbocycles. The van der Waals surface area contributed by atoms with Crippen LogP contribution in [0, 0.1) is 0 Å². The van der Waals surface area contributed by atoms with Crippen LogP contribution in [0.4, 0.5) is 0 Å². The fraction of sp³-hybridized carbons (Fsp3) is 0.250. The van der Waals surface area contributed by atoms with Crippen molar-refractivity contribution >= 4 is 33.4 Å². The molecule has 0 aliphatic rings. The van der Waals surface area contributed by atoms with E-state index < -0.39 is 10.8 Å². The minimum Gasteiger partial charge on any atom is -0.491 e. The zero-order valence-corrected chi connectivity index (χ0v) is 19.2. The number of aliphatic hydroxyl groups excluding tert-OH is 1. The Morgan fingerprint density at radius 3 is 2.66 bits per heavy atom. The molecule has 3 rings (SSSR count). The number of aryl methyl sites for hydroxylation is 1. The summed E-state index contributed by atoms with van der Waals surface area (Å²) in [6, 6.07) is 10.8. The molecule has 3 N–H and O–H groups in total. The highest BCUT2D eigenvalue weighted by molar-refractivity contribution is 7.85. The van der Waals surface area contributed by atoms with Crippen molar-refractivity contribution in [2.45, 2.75) is 11.8 Å². The lowest BCUT2D eigenvalue weighted by atomic mass is 9.96. The number of ether oxygens (including phenoxy) is 1. The van der Waals surface area contributed by atoms with Gasteiger partial charge in [-0.15, -0.1) is 0 Å². The molecule has 0 amide bonds. The number of aliphatic hydroxyl groups is 1. The summed E-state index contributed by atoms with van der Waals surface area (Å²) >= 11 is 0. The van der Waals surface area contributed by atoms with Crippen LogP contribution in [0.2, 0.25) is 0 Å². The number of pyridine rings is 1. The highest BCUT2D eigenvalue weighted by atomic mass is 32.2. The molecule has 0 spiro atoms. The van der Waals surface area contributed by atoms with E-state index >= 15 is 0 Å². The molecule has 0 bridgehead atoms. The molecule has 7 nitrogen and oxygen atoms in total. The van der Waals surface area contributed by atoms with Gasteiger partial charge in [0.15, 0.2) is 0 Å². The third-order valence-corrected chi connectivity index (χ3v) is 6.38. The summed E-state index contributed by atoms with van der Waals surface area (Å²) < 4.78 is 19.8. The fourth-order valence-corrected chi connectivity index (χ4v) is 4.32. The Morgan fingerprint density at radius 2 is 2.00 bits per heavy atom. The van der Waals surface area contributed by atoms with Gasteiger partial charge in [0, 0.05) is 65.4 Å². The Bertz CT molecular complexity index is 1280. The number of rotatable bonds is 8. The lowest BCUT2D eigenvalue weighted by Crippen LogP contribution is -2.17. The number of hydrogen-bond donors (Lipinski definition) is 2. The predicted octanol–water partition coefficient (Wildman–Crippen LogP) is 2.70. The minimum atomic E-state index is -1.16. The third-order valence-electron chi connectivity index (χ3n) is 5.08. The van der Waals surface area contributed by atoms with Gasteiger partial charge in [-0.05, 0) is 41.3 Å². The van der Waals surface area contributed by atoms with E-state index in [9.17, 15) is 14.1 Å². The van der Waals surface area contributed by atoms with Gasteiger partial charge in [0.25, 0.3) is 5.56 Å². The van der Waals surface area contributed by atoms with Crippen LogP contribution in [0.5, 0.6) is 5.75 Å². The van der Waals surface area contributed by atoms with E-state index in [4.69, 9.17) is 10.5 Å². The molecule has 1 unspecified atom stereocenters. The van der Waals surface area contributed by atoms with E-state index in [-0.39, 0.29) is 18.8 Å². The number of allylic oxidation sites excluding steroid dienone is 1. The van der Waals surface area contributed by atoms with Crippen LogP contribution in [0.25, 0.3) is 27.5 Å². The summed E-state index contributed by atoms with van der Waals surface area (Å²) in [7, 11) is 2.19. The van der Waals surface area contributed by atoms with Crippen molar-refractivity contribution in [3.63, 3.8) is 0 Å². The first-order valence-electron chi connectivity index (χ1n) is 10.2. The van der Waals surface area contributed by atoms with Gasteiger partial charge in [-0.25, -0.2) is 0 Å². The van der Waals surface area contributed by atoms with Gasteiger partial charge >= 0.3 is 0 Å². The maximum absolute atomic E-state index is 12.9. The lowest BCUT2D eigenvalue weighted by molar-refractivity contribution is 0.202. The molecule has 8 heteroatoms. The summed E-state index contributed by atoms with van der Waals surface area (Å²) in [6.45, 7) is 1.84. The number of nitrogens with zero attached hydrogens (tertiary/aromatic N) is 2. The highest BCUT2D eigenvalue weighted by Crippen LogP contribution is 2.36. The molecule has 1 aromatic heterocycles. The first kappa shape index (κ1) is 23.4. The van der Waals surface area contributed by atoms with E-state index in [0.29, 0.717) is 32.7 Å². The summed E-state index contributed by atoms with van der Waals surface area (Å²) in [5.41, 5.74) is 8.63. The van der Waals surface area contributed by atoms with Crippen LogP contribution in [-0.4, -0.2) is 46.1 Å². The van der Waals surface area contributed by atoms with E-state index in [0.717, 1.165) is 16.7 Å². The third kappa shape index (κ3) is 4.66. The zero-order chi connectivity index (χ0) is 23.3. The molecular formula is C24H27N3O4S. The number of hydrogen-bond acceptors (Lipinski definition) is 6. The second-order valence-electron chi connectivity index (χ2n) is 7.09. The van der Waals surface area contributed by atoms with Gasteiger partial charge in [0.1, 0.15) is 12.4 Å². The van der Waals surface area contributed by atoms with Crippen molar-refractivity contribution < 1.29 is 14.1 Å². The Hall–Kier alpha value is -3.23. The minimum absolute atomic E-state index is 0.116. The second-order valence-corrected chi connectivity index (χ2v) is 8.83. The maximum Gasteiger partial charge on any atom is 0.258 e. The maximum atomic E-state index is 12.9. The monoisotopic (exact) mass is 453 g/mol. The SMILES string of the molecule is CCS(=O)c1ccc(OCCO)c(-c2cn(C)c(=O)c3ccc(C(C=NC)=CN)cc23)c1. The molecule has 168 valence electrons. The number of benzene rings is 2. The van der Waals surface area contributed by atoms with Gasteiger partial charge in [-0.2, -0.15) is 0 Å². The molecule has 32 heavy (non-hydrogen) atoms. The Labute approximate surface area is 189 Å². The molecule has 0 saturated heterocycles. The number of nitrogens with two attached hydrogens (primary N) is 1. The van der Waals surface area contributed by atoms with Gasteiger partial charge in [-0.1, -0.05) is 13.0 Å². The Kier molecular flexibility index (Phi) is 7.61. The lowest BCUT2D eigenvalue weighted by Gasteiger charge is -2.16. The summed E-state index contributed by atoms with van der Waals surface area (Å²) in [5.74, 6) is 1.01. The molecule has 3 aromatic rings. The fourth-order valence-electron chi connectivity index (χ4n) is 3.52. The van der Waals surface area contributed by atoms with Gasteiger partial charge in [0.2, 0.25) is 0 Å². The topological polar surface area (TPSA) is 107 Å². The highest BCUT2D eigenvalue weighted by Gasteiger charge is 2.16. The molecule has 0 aliphatic heterocycles. The van der Waals surface area contributed by atoms with Gasteiger partial charge in [0.05, 0.1) is 17.4 Å². The van der Waals surface area contributed by atoms with Crippen molar-refractivity contribution in [1.29, 1.82) is 0 Å². The molecular weight excluding hydrogens is 426 g/mol. The summed E-state index contributed by atoms with van der Waals surface area (Å²) in [6.07, 6.45) is 4.87. The van der Waals surface area contributed by atoms with E-state index in [1.165, 1.54) is 10.8 Å². The normalized spacial score (nSPS) is 13.1. The Morgan fingerprint density at radius 1 is 1.22 bits per heavy atom. The number of aliphatic imine (C=N–C) groups is 1. The van der Waals surface area contributed by atoms with Crippen LogP contribution in [0.1, 0.15) is 12.5 Å². The largest absolute Gasteiger partial charge is 0.491 e. The van der Waals surface area contributed by atoms with Crippen molar-refractivity contribution in [2.75, 3.05) is 26.0 Å². The average molecular weight is 454 g/mol. The predicted molar refractivity (Wildman–Crippen MR) is 131 cm³/mol. The van der Waals surface area contributed by atoms with Crippen LogP contribution in [0.15, 0.2) is 63.5 Å². The summed E-state index contributed by atoms with van der Waals surface area (Å²) in [5, 5.41) is 10.5. The molecule has 0 radical (unpaired) electrons. The summed E-state index contributed by atoms with van der Waals surface area (Å²) in [4.78, 5) is 17.6. The van der Waals surface area contributed by atoms with E-state index in [2.05, 4.69) is 4.99 Å². The van der Waals surface area contributed by atoms with Crippen molar-refractivity contribution in [3.05, 3.63) is 64.7 Å². The van der Waals surface area contributed by atoms with Crippen molar-refractivity contribution in [1.82, 2.24) is 4.57 Å². The van der Waals surface area contributed by atoms with Gasteiger partial charge < -0.3 is 20.1 Å². The van der Waals surface area contributed by atoms with Gasteiger partial charge in [-0.3, -0.25) is 14.0 Å². The van der Waals surface area contributed by atoms with Crippen LogP contribution >= 0.6 is 0 Å². The number of fused-ring (bicyclic) bond motifs is 1.